The number of methoxy groups -OCH3 is 2. The summed E-state index contributed by atoms with van der Waals surface area (Å²) in [5.41, 5.74) is 1.30. The Morgan fingerprint density at radius 1 is 0.964 bits per heavy atom. The minimum atomic E-state index is -0.876. The van der Waals surface area contributed by atoms with Crippen LogP contribution in [0.1, 0.15) is 5.82 Å². The first-order chi connectivity index (χ1) is 13.5. The molecule has 0 aliphatic carbocycles. The molecule has 3 aromatic heterocycles. The van der Waals surface area contributed by atoms with Crippen LogP contribution in [0.2, 0.25) is 0 Å². The van der Waals surface area contributed by atoms with Crippen LogP contribution in [0.4, 0.5) is 8.78 Å². The highest BCUT2D eigenvalue weighted by atomic mass is 19.1. The summed E-state index contributed by atoms with van der Waals surface area (Å²) in [5, 5.41) is 7.20. The fourth-order valence-corrected chi connectivity index (χ4v) is 2.95. The first-order valence-corrected chi connectivity index (χ1v) is 8.27. The molecule has 0 unspecified atom stereocenters. The van der Waals surface area contributed by atoms with Gasteiger partial charge in [-0.2, -0.15) is 5.10 Å². The molecular weight excluding hydrogens is 368 g/mol. The number of fused-ring (bicyclic) bond motifs is 1. The van der Waals surface area contributed by atoms with E-state index in [2.05, 4.69) is 25.1 Å². The molecule has 0 aliphatic heterocycles. The number of aryl methyl sites for hydroxylation is 1. The number of halogens is 2. The van der Waals surface area contributed by atoms with E-state index in [9.17, 15) is 8.78 Å². The lowest BCUT2D eigenvalue weighted by molar-refractivity contribution is 0.359. The Morgan fingerprint density at radius 2 is 1.68 bits per heavy atom. The average Bonchev–Trinajstić information content (AvgIpc) is 3.22. The fourth-order valence-electron chi connectivity index (χ4n) is 2.95. The predicted molar refractivity (Wildman–Crippen MR) is 98.1 cm³/mol. The summed E-state index contributed by atoms with van der Waals surface area (Å²) in [6.07, 6.45) is 4.77. The quantitative estimate of drug-likeness (QED) is 0.579. The summed E-state index contributed by atoms with van der Waals surface area (Å²) >= 11 is 0. The standard InChI is InChI=1S/C19H15F2N5O2/c1-9-22-6-10-4-12(26-19(18(10)25-9)11-7-23-24-8-11)15-16(20)13(27-2)5-14(28-3)17(15)21/h4-8H,1-3H3,(H,23,24). The molecule has 0 aliphatic rings. The zero-order chi connectivity index (χ0) is 19.8. The molecule has 0 fully saturated rings. The van der Waals surface area contributed by atoms with Crippen molar-refractivity contribution in [3.8, 4) is 34.0 Å². The van der Waals surface area contributed by atoms with Gasteiger partial charge in [-0.15, -0.1) is 0 Å². The first kappa shape index (κ1) is 17.8. The van der Waals surface area contributed by atoms with Crippen molar-refractivity contribution >= 4 is 10.9 Å². The second-order valence-electron chi connectivity index (χ2n) is 5.98. The third-order valence-electron chi connectivity index (χ3n) is 4.29. The average molecular weight is 383 g/mol. The molecule has 0 amide bonds. The summed E-state index contributed by atoms with van der Waals surface area (Å²) in [6.45, 7) is 1.75. The van der Waals surface area contributed by atoms with Crippen LogP contribution in [0.25, 0.3) is 33.4 Å². The molecule has 0 bridgehead atoms. The fraction of sp³-hybridized carbons (Fsp3) is 0.158. The summed E-state index contributed by atoms with van der Waals surface area (Å²) in [7, 11) is 2.59. The van der Waals surface area contributed by atoms with Crippen LogP contribution >= 0.6 is 0 Å². The molecule has 4 aromatic rings. The van der Waals surface area contributed by atoms with Gasteiger partial charge in [0.05, 0.1) is 31.7 Å². The Morgan fingerprint density at radius 3 is 2.29 bits per heavy atom. The number of H-pyrrole nitrogens is 1. The highest BCUT2D eigenvalue weighted by Gasteiger charge is 2.24. The van der Waals surface area contributed by atoms with Crippen molar-refractivity contribution in [1.29, 1.82) is 0 Å². The molecule has 1 aromatic carbocycles. The lowest BCUT2D eigenvalue weighted by atomic mass is 10.0. The van der Waals surface area contributed by atoms with Gasteiger partial charge in [-0.1, -0.05) is 0 Å². The number of hydrogen-bond donors (Lipinski definition) is 1. The van der Waals surface area contributed by atoms with Gasteiger partial charge in [0.1, 0.15) is 17.0 Å². The number of ether oxygens (including phenoxy) is 2. The molecule has 1 N–H and O–H groups in total. The number of benzene rings is 1. The first-order valence-electron chi connectivity index (χ1n) is 8.27. The van der Waals surface area contributed by atoms with Crippen molar-refractivity contribution < 1.29 is 18.3 Å². The third kappa shape index (κ3) is 2.81. The van der Waals surface area contributed by atoms with Gasteiger partial charge < -0.3 is 9.47 Å². The lowest BCUT2D eigenvalue weighted by Gasteiger charge is -2.14. The molecule has 7 nitrogen and oxygen atoms in total. The number of hydrogen-bond acceptors (Lipinski definition) is 6. The molecule has 0 saturated carbocycles. The Balaban J connectivity index is 2.08. The maximum Gasteiger partial charge on any atom is 0.177 e. The number of nitrogens with one attached hydrogen (secondary N) is 1. The minimum absolute atomic E-state index is 0.0587. The maximum absolute atomic E-state index is 15.0. The number of aromatic amines is 1. The van der Waals surface area contributed by atoms with Crippen LogP contribution in [0.15, 0.2) is 30.7 Å². The molecule has 0 radical (unpaired) electrons. The van der Waals surface area contributed by atoms with Gasteiger partial charge in [0.25, 0.3) is 0 Å². The monoisotopic (exact) mass is 383 g/mol. The van der Waals surface area contributed by atoms with Gasteiger partial charge in [-0.25, -0.2) is 23.7 Å². The van der Waals surface area contributed by atoms with Gasteiger partial charge in [0.15, 0.2) is 23.1 Å². The van der Waals surface area contributed by atoms with Crippen molar-refractivity contribution in [2.24, 2.45) is 0 Å². The molecule has 0 spiro atoms. The van der Waals surface area contributed by atoms with Crippen LogP contribution in [0.5, 0.6) is 11.5 Å². The van der Waals surface area contributed by atoms with Crippen molar-refractivity contribution in [1.82, 2.24) is 25.1 Å². The van der Waals surface area contributed by atoms with E-state index in [0.29, 0.717) is 28.0 Å². The number of nitrogens with zero attached hydrogens (tertiary/aromatic N) is 4. The number of aromatic nitrogens is 5. The van der Waals surface area contributed by atoms with E-state index in [-0.39, 0.29) is 22.8 Å². The summed E-state index contributed by atoms with van der Waals surface area (Å²) in [5.74, 6) is -1.51. The third-order valence-corrected chi connectivity index (χ3v) is 4.29. The number of pyridine rings is 1. The smallest absolute Gasteiger partial charge is 0.177 e. The molecule has 28 heavy (non-hydrogen) atoms. The number of rotatable bonds is 4. The van der Waals surface area contributed by atoms with Gasteiger partial charge in [0, 0.05) is 29.4 Å². The highest BCUT2D eigenvalue weighted by molar-refractivity contribution is 5.93. The normalized spacial score (nSPS) is 11.0. The topological polar surface area (TPSA) is 85.8 Å². The van der Waals surface area contributed by atoms with Crippen molar-refractivity contribution in [3.63, 3.8) is 0 Å². The molecule has 0 saturated heterocycles. The lowest BCUT2D eigenvalue weighted by Crippen LogP contribution is -2.02. The highest BCUT2D eigenvalue weighted by Crippen LogP contribution is 2.38. The zero-order valence-corrected chi connectivity index (χ0v) is 15.2. The second-order valence-corrected chi connectivity index (χ2v) is 5.98. The van der Waals surface area contributed by atoms with Gasteiger partial charge in [0.2, 0.25) is 0 Å². The second kappa shape index (κ2) is 6.84. The van der Waals surface area contributed by atoms with E-state index >= 15 is 0 Å². The minimum Gasteiger partial charge on any atom is -0.494 e. The molecule has 4 rings (SSSR count). The molecule has 3 heterocycles. The van der Waals surface area contributed by atoms with E-state index in [0.717, 1.165) is 6.07 Å². The zero-order valence-electron chi connectivity index (χ0n) is 15.2. The van der Waals surface area contributed by atoms with Gasteiger partial charge in [-0.05, 0) is 13.0 Å². The van der Waals surface area contributed by atoms with E-state index < -0.39 is 11.6 Å². The van der Waals surface area contributed by atoms with Crippen molar-refractivity contribution in [2.45, 2.75) is 6.92 Å². The molecular formula is C19H15F2N5O2. The van der Waals surface area contributed by atoms with Gasteiger partial charge in [-0.3, -0.25) is 5.10 Å². The van der Waals surface area contributed by atoms with Crippen LogP contribution in [-0.2, 0) is 0 Å². The van der Waals surface area contributed by atoms with Crippen molar-refractivity contribution in [2.75, 3.05) is 14.2 Å². The van der Waals surface area contributed by atoms with Crippen LogP contribution < -0.4 is 9.47 Å². The predicted octanol–water partition coefficient (Wildman–Crippen LogP) is 3.69. The Bertz CT molecular complexity index is 1150. The summed E-state index contributed by atoms with van der Waals surface area (Å²) in [6, 6.07) is 2.68. The van der Waals surface area contributed by atoms with Crippen LogP contribution in [-0.4, -0.2) is 39.4 Å². The Hall–Kier alpha value is -3.62. The Kier molecular flexibility index (Phi) is 4.34. The van der Waals surface area contributed by atoms with E-state index in [1.54, 1.807) is 25.5 Å². The van der Waals surface area contributed by atoms with Gasteiger partial charge >= 0.3 is 0 Å². The van der Waals surface area contributed by atoms with E-state index in [1.165, 1.54) is 20.3 Å². The maximum atomic E-state index is 15.0. The molecule has 0 atom stereocenters. The van der Waals surface area contributed by atoms with E-state index in [4.69, 9.17) is 9.47 Å². The Labute approximate surface area is 158 Å². The summed E-state index contributed by atoms with van der Waals surface area (Å²) in [4.78, 5) is 13.1. The van der Waals surface area contributed by atoms with Crippen molar-refractivity contribution in [3.05, 3.63) is 48.2 Å². The molecule has 142 valence electrons. The SMILES string of the molecule is COc1cc(OC)c(F)c(-c2cc3cnc(C)nc3c(-c3cn[nH]c3)n2)c1F. The van der Waals surface area contributed by atoms with Crippen LogP contribution in [0, 0.1) is 18.6 Å². The summed E-state index contributed by atoms with van der Waals surface area (Å²) < 4.78 is 40.0. The van der Waals surface area contributed by atoms with E-state index in [1.807, 2.05) is 0 Å². The van der Waals surface area contributed by atoms with Crippen LogP contribution in [0.3, 0.4) is 0 Å². The largest absolute Gasteiger partial charge is 0.494 e. The molecule has 9 heteroatoms.